The molecule has 0 bridgehead atoms. The van der Waals surface area contributed by atoms with Crippen molar-refractivity contribution >= 4 is 17.6 Å². The van der Waals surface area contributed by atoms with Gasteiger partial charge in [-0.1, -0.05) is 0 Å². The summed E-state index contributed by atoms with van der Waals surface area (Å²) in [6, 6.07) is 7.57. The maximum absolute atomic E-state index is 12.9. The van der Waals surface area contributed by atoms with E-state index in [-0.39, 0.29) is 18.2 Å². The fraction of sp³-hybridized carbons (Fsp3) is 0.409. The van der Waals surface area contributed by atoms with Gasteiger partial charge in [0.05, 0.1) is 5.56 Å². The van der Waals surface area contributed by atoms with Gasteiger partial charge in [0.1, 0.15) is 11.6 Å². The average Bonchev–Trinajstić information content (AvgIpc) is 3.03. The van der Waals surface area contributed by atoms with Crippen molar-refractivity contribution in [2.75, 3.05) is 37.6 Å². The van der Waals surface area contributed by atoms with Crippen LogP contribution in [0, 0.1) is 5.82 Å². The van der Waals surface area contributed by atoms with Crippen molar-refractivity contribution in [2.45, 2.75) is 25.4 Å². The minimum atomic E-state index is -4.42. The van der Waals surface area contributed by atoms with Crippen LogP contribution in [0.2, 0.25) is 0 Å². The number of carbonyl (C=O) groups is 2. The summed E-state index contributed by atoms with van der Waals surface area (Å²) in [5.74, 6) is -0.330. The Labute approximate surface area is 183 Å². The van der Waals surface area contributed by atoms with Crippen molar-refractivity contribution in [3.8, 4) is 0 Å². The van der Waals surface area contributed by atoms with Crippen molar-refractivity contribution in [1.29, 1.82) is 0 Å². The topological polar surface area (TPSA) is 65.5 Å². The first-order valence-corrected chi connectivity index (χ1v) is 10.3. The molecule has 3 rings (SSSR count). The first kappa shape index (κ1) is 23.5. The molecule has 1 aromatic heterocycles. The van der Waals surface area contributed by atoms with Gasteiger partial charge in [0.15, 0.2) is 0 Å². The molecule has 172 valence electrons. The number of benzene rings is 1. The molecule has 1 fully saturated rings. The third-order valence-corrected chi connectivity index (χ3v) is 5.21. The van der Waals surface area contributed by atoms with Crippen LogP contribution in [-0.2, 0) is 11.0 Å². The Kier molecular flexibility index (Phi) is 7.66. The van der Waals surface area contributed by atoms with Crippen LogP contribution in [0.1, 0.15) is 35.2 Å². The molecule has 0 aliphatic carbocycles. The number of amides is 2. The van der Waals surface area contributed by atoms with Crippen LogP contribution in [0.25, 0.3) is 0 Å². The van der Waals surface area contributed by atoms with Gasteiger partial charge < -0.3 is 15.1 Å². The lowest BCUT2D eigenvalue weighted by atomic mass is 10.2. The van der Waals surface area contributed by atoms with Gasteiger partial charge in [0.2, 0.25) is 5.91 Å². The zero-order valence-corrected chi connectivity index (χ0v) is 17.4. The second kappa shape index (κ2) is 10.4. The number of alkyl halides is 3. The molecule has 2 amide bonds. The van der Waals surface area contributed by atoms with Gasteiger partial charge >= 0.3 is 6.18 Å². The molecule has 0 unspecified atom stereocenters. The van der Waals surface area contributed by atoms with Gasteiger partial charge in [-0.25, -0.2) is 9.37 Å². The summed E-state index contributed by atoms with van der Waals surface area (Å²) in [6.45, 7) is 2.39. The SMILES string of the molecule is O=C(NCCCC(=O)N1CCCN(c2ccc(C(F)(F)F)cn2)CC1)c1ccc(F)cc1. The summed E-state index contributed by atoms with van der Waals surface area (Å²) < 4.78 is 51.0. The lowest BCUT2D eigenvalue weighted by molar-refractivity contribution is -0.137. The summed E-state index contributed by atoms with van der Waals surface area (Å²) in [6.07, 6.45) is -2.19. The summed E-state index contributed by atoms with van der Waals surface area (Å²) in [7, 11) is 0. The molecule has 0 spiro atoms. The number of hydrogen-bond acceptors (Lipinski definition) is 4. The lowest BCUT2D eigenvalue weighted by Gasteiger charge is -2.23. The van der Waals surface area contributed by atoms with Gasteiger partial charge in [-0.05, 0) is 49.2 Å². The van der Waals surface area contributed by atoms with E-state index in [1.54, 1.807) is 4.90 Å². The molecule has 1 aromatic carbocycles. The summed E-state index contributed by atoms with van der Waals surface area (Å²) in [5.41, 5.74) is -0.443. The zero-order chi connectivity index (χ0) is 23.1. The van der Waals surface area contributed by atoms with E-state index < -0.39 is 17.6 Å². The molecular weight excluding hydrogens is 428 g/mol. The van der Waals surface area contributed by atoms with E-state index in [0.717, 1.165) is 12.3 Å². The Morgan fingerprint density at radius 2 is 1.75 bits per heavy atom. The molecule has 0 radical (unpaired) electrons. The van der Waals surface area contributed by atoms with E-state index in [0.29, 0.717) is 56.9 Å². The molecule has 1 aliphatic heterocycles. The van der Waals surface area contributed by atoms with Crippen LogP contribution in [0.5, 0.6) is 0 Å². The van der Waals surface area contributed by atoms with E-state index in [9.17, 15) is 27.2 Å². The number of pyridine rings is 1. The molecule has 1 N–H and O–H groups in total. The zero-order valence-electron chi connectivity index (χ0n) is 17.4. The number of aromatic nitrogens is 1. The van der Waals surface area contributed by atoms with Crippen molar-refractivity contribution in [3.05, 3.63) is 59.5 Å². The van der Waals surface area contributed by atoms with Crippen LogP contribution in [0.4, 0.5) is 23.4 Å². The molecule has 0 saturated carbocycles. The number of rotatable bonds is 6. The molecule has 1 saturated heterocycles. The largest absolute Gasteiger partial charge is 0.417 e. The molecule has 2 heterocycles. The van der Waals surface area contributed by atoms with Crippen LogP contribution in [0.3, 0.4) is 0 Å². The normalized spacial score (nSPS) is 14.8. The maximum Gasteiger partial charge on any atom is 0.417 e. The summed E-state index contributed by atoms with van der Waals surface area (Å²) >= 11 is 0. The molecule has 0 atom stereocenters. The minimum Gasteiger partial charge on any atom is -0.355 e. The van der Waals surface area contributed by atoms with Gasteiger partial charge in [-0.3, -0.25) is 9.59 Å². The highest BCUT2D eigenvalue weighted by Gasteiger charge is 2.31. The first-order valence-electron chi connectivity index (χ1n) is 10.3. The fourth-order valence-corrected chi connectivity index (χ4v) is 3.44. The Hall–Kier alpha value is -3.17. The van der Waals surface area contributed by atoms with Crippen LogP contribution < -0.4 is 10.2 Å². The fourth-order valence-electron chi connectivity index (χ4n) is 3.44. The quantitative estimate of drug-likeness (QED) is 0.538. The highest BCUT2D eigenvalue weighted by molar-refractivity contribution is 5.94. The molecule has 1 aliphatic rings. The number of hydrogen-bond donors (Lipinski definition) is 1. The molecule has 6 nitrogen and oxygen atoms in total. The maximum atomic E-state index is 12.9. The third-order valence-electron chi connectivity index (χ3n) is 5.21. The van der Waals surface area contributed by atoms with Crippen molar-refractivity contribution in [1.82, 2.24) is 15.2 Å². The summed E-state index contributed by atoms with van der Waals surface area (Å²) in [5, 5.41) is 2.70. The van der Waals surface area contributed by atoms with Crippen molar-refractivity contribution in [3.63, 3.8) is 0 Å². The minimum absolute atomic E-state index is 0.0386. The Morgan fingerprint density at radius 1 is 1.00 bits per heavy atom. The number of nitrogens with one attached hydrogen (secondary N) is 1. The van der Waals surface area contributed by atoms with Gasteiger partial charge in [0.25, 0.3) is 5.91 Å². The van der Waals surface area contributed by atoms with E-state index >= 15 is 0 Å². The van der Waals surface area contributed by atoms with Crippen LogP contribution >= 0.6 is 0 Å². The predicted molar refractivity (Wildman–Crippen MR) is 111 cm³/mol. The Balaban J connectivity index is 1.42. The van der Waals surface area contributed by atoms with Crippen LogP contribution in [-0.4, -0.2) is 54.4 Å². The molecule has 10 heteroatoms. The number of carbonyl (C=O) groups excluding carboxylic acids is 2. The van der Waals surface area contributed by atoms with E-state index in [1.165, 1.54) is 30.3 Å². The Morgan fingerprint density at radius 3 is 2.41 bits per heavy atom. The average molecular weight is 452 g/mol. The predicted octanol–water partition coefficient (Wildman–Crippen LogP) is 3.49. The number of nitrogens with zero attached hydrogens (tertiary/aromatic N) is 3. The molecular formula is C22H24F4N4O2. The second-order valence-corrected chi connectivity index (χ2v) is 7.49. The highest BCUT2D eigenvalue weighted by Crippen LogP contribution is 2.29. The van der Waals surface area contributed by atoms with Gasteiger partial charge in [0, 0.05) is 50.9 Å². The standard InChI is InChI=1S/C22H24F4N4O2/c23-18-7-4-16(5-8-18)21(32)27-10-1-3-20(31)30-12-2-11-29(13-14-30)19-9-6-17(15-28-19)22(24,25)26/h4-9,15H,1-3,10-14H2,(H,27,32). The molecule has 32 heavy (non-hydrogen) atoms. The monoisotopic (exact) mass is 452 g/mol. The van der Waals surface area contributed by atoms with Crippen molar-refractivity contribution in [2.24, 2.45) is 0 Å². The summed E-state index contributed by atoms with van der Waals surface area (Å²) in [4.78, 5) is 32.0. The van der Waals surface area contributed by atoms with Gasteiger partial charge in [-0.15, -0.1) is 0 Å². The first-order chi connectivity index (χ1) is 15.2. The van der Waals surface area contributed by atoms with Gasteiger partial charge in [-0.2, -0.15) is 13.2 Å². The second-order valence-electron chi connectivity index (χ2n) is 7.49. The smallest absolute Gasteiger partial charge is 0.355 e. The van der Waals surface area contributed by atoms with E-state index in [4.69, 9.17) is 0 Å². The lowest BCUT2D eigenvalue weighted by Crippen LogP contribution is -2.35. The van der Waals surface area contributed by atoms with Crippen molar-refractivity contribution < 1.29 is 27.2 Å². The molecule has 2 aromatic rings. The third kappa shape index (κ3) is 6.41. The highest BCUT2D eigenvalue weighted by atomic mass is 19.4. The Bertz CT molecular complexity index is 917. The van der Waals surface area contributed by atoms with E-state index in [2.05, 4.69) is 10.3 Å². The van der Waals surface area contributed by atoms with Crippen LogP contribution in [0.15, 0.2) is 42.6 Å². The number of anilines is 1. The number of halogens is 4. The van der Waals surface area contributed by atoms with E-state index in [1.807, 2.05) is 4.90 Å².